The lowest BCUT2D eigenvalue weighted by atomic mass is 10.0. The first-order chi connectivity index (χ1) is 12.9. The van der Waals surface area contributed by atoms with Gasteiger partial charge in [-0.3, -0.25) is 9.59 Å². The molecule has 0 saturated carbocycles. The smallest absolute Gasteiger partial charge is 0.292 e. The zero-order valence-corrected chi connectivity index (χ0v) is 16.6. The Balaban J connectivity index is 2.38. The maximum absolute atomic E-state index is 12.4. The van der Waals surface area contributed by atoms with Crippen molar-refractivity contribution >= 4 is 11.7 Å². The van der Waals surface area contributed by atoms with Crippen LogP contribution in [0.25, 0.3) is 0 Å². The van der Waals surface area contributed by atoms with Gasteiger partial charge >= 0.3 is 0 Å². The second kappa shape index (κ2) is 9.21. The summed E-state index contributed by atoms with van der Waals surface area (Å²) in [5, 5.41) is 2.37. The summed E-state index contributed by atoms with van der Waals surface area (Å²) >= 11 is 0. The van der Waals surface area contributed by atoms with E-state index in [1.807, 2.05) is 19.9 Å². The van der Waals surface area contributed by atoms with Gasteiger partial charge in [-0.15, -0.1) is 0 Å². The number of Topliss-reactive ketones (excluding diaryl/α,β-unsaturated/α-hetero) is 1. The molecule has 144 valence electrons. The molecule has 5 heteroatoms. The highest BCUT2D eigenvalue weighted by Crippen LogP contribution is 2.28. The fraction of sp³-hybridized carbons (Fsp3) is 0.364. The van der Waals surface area contributed by atoms with E-state index in [0.29, 0.717) is 23.5 Å². The molecule has 0 spiro atoms. The molecule has 0 aliphatic carbocycles. The number of hydrogen-bond donors (Lipinski definition) is 1. The molecule has 5 nitrogen and oxygen atoms in total. The molecule has 0 bridgehead atoms. The highest BCUT2D eigenvalue weighted by molar-refractivity contribution is 6.43. The third-order valence-corrected chi connectivity index (χ3v) is 4.50. The number of carbonyl (C=O) groups excluding carboxylic acids is 2. The summed E-state index contributed by atoms with van der Waals surface area (Å²) in [5.41, 5.74) is 4.35. The van der Waals surface area contributed by atoms with Crippen LogP contribution in [0, 0.1) is 13.8 Å². The summed E-state index contributed by atoms with van der Waals surface area (Å²) in [7, 11) is 1.43. The number of aryl methyl sites for hydroxylation is 3. The van der Waals surface area contributed by atoms with Gasteiger partial charge in [0, 0.05) is 18.2 Å². The predicted molar refractivity (Wildman–Crippen MR) is 106 cm³/mol. The minimum absolute atomic E-state index is 0.139. The largest absolute Gasteiger partial charge is 0.493 e. The maximum atomic E-state index is 12.4. The van der Waals surface area contributed by atoms with E-state index in [9.17, 15) is 9.59 Å². The number of amides is 1. The number of ether oxygens (including phenoxy) is 2. The average Bonchev–Trinajstić information content (AvgIpc) is 2.67. The van der Waals surface area contributed by atoms with E-state index in [1.54, 1.807) is 18.2 Å². The zero-order chi connectivity index (χ0) is 20.0. The van der Waals surface area contributed by atoms with Crippen molar-refractivity contribution in [2.45, 2.75) is 40.7 Å². The summed E-state index contributed by atoms with van der Waals surface area (Å²) in [5.74, 6) is 0.0391. The first-order valence-corrected chi connectivity index (χ1v) is 9.16. The molecule has 27 heavy (non-hydrogen) atoms. The molecular formula is C22H27NO4. The fourth-order valence-electron chi connectivity index (χ4n) is 2.99. The first kappa shape index (κ1) is 20.5. The number of rotatable bonds is 8. The van der Waals surface area contributed by atoms with Gasteiger partial charge in [0.15, 0.2) is 0 Å². The molecular weight excluding hydrogens is 342 g/mol. The minimum atomic E-state index is -0.663. The quantitative estimate of drug-likeness (QED) is 0.568. The summed E-state index contributed by atoms with van der Waals surface area (Å²) < 4.78 is 11.7. The highest BCUT2D eigenvalue weighted by Gasteiger charge is 2.21. The highest BCUT2D eigenvalue weighted by atomic mass is 16.5. The molecule has 2 rings (SSSR count). The van der Waals surface area contributed by atoms with Crippen molar-refractivity contribution in [2.75, 3.05) is 13.7 Å². The van der Waals surface area contributed by atoms with Gasteiger partial charge in [-0.25, -0.2) is 0 Å². The van der Waals surface area contributed by atoms with Crippen molar-refractivity contribution in [1.82, 2.24) is 5.32 Å². The number of nitrogens with one attached hydrogen (secondary N) is 1. The van der Waals surface area contributed by atoms with Gasteiger partial charge < -0.3 is 14.8 Å². The van der Waals surface area contributed by atoms with E-state index in [4.69, 9.17) is 9.47 Å². The van der Waals surface area contributed by atoms with Crippen molar-refractivity contribution in [3.05, 3.63) is 58.1 Å². The molecule has 0 aliphatic rings. The minimum Gasteiger partial charge on any atom is -0.493 e. The zero-order valence-electron chi connectivity index (χ0n) is 16.6. The lowest BCUT2D eigenvalue weighted by molar-refractivity contribution is -0.116. The summed E-state index contributed by atoms with van der Waals surface area (Å²) in [6, 6.07) is 9.24. The third kappa shape index (κ3) is 4.67. The van der Waals surface area contributed by atoms with Gasteiger partial charge in [0.25, 0.3) is 11.7 Å². The molecule has 0 atom stereocenters. The normalized spacial score (nSPS) is 10.4. The number of ketones is 1. The molecule has 0 heterocycles. The topological polar surface area (TPSA) is 64.6 Å². The van der Waals surface area contributed by atoms with Crippen LogP contribution in [0.5, 0.6) is 11.5 Å². The van der Waals surface area contributed by atoms with Gasteiger partial charge in [-0.05, 0) is 56.0 Å². The van der Waals surface area contributed by atoms with E-state index in [0.717, 1.165) is 23.3 Å². The van der Waals surface area contributed by atoms with E-state index in [-0.39, 0.29) is 6.61 Å². The van der Waals surface area contributed by atoms with Crippen molar-refractivity contribution < 1.29 is 19.1 Å². The van der Waals surface area contributed by atoms with Crippen LogP contribution >= 0.6 is 0 Å². The van der Waals surface area contributed by atoms with Crippen LogP contribution in [-0.2, 0) is 17.8 Å². The second-order valence-electron chi connectivity index (χ2n) is 6.31. The van der Waals surface area contributed by atoms with E-state index in [1.165, 1.54) is 12.6 Å². The molecule has 0 fully saturated rings. The Bertz CT molecular complexity index is 842. The molecule has 1 amide bonds. The molecule has 0 aromatic heterocycles. The molecule has 0 radical (unpaired) electrons. The molecule has 0 aliphatic heterocycles. The van der Waals surface area contributed by atoms with Gasteiger partial charge in [0.05, 0.1) is 6.61 Å². The van der Waals surface area contributed by atoms with Crippen molar-refractivity contribution in [1.29, 1.82) is 0 Å². The number of hydrogen-bond acceptors (Lipinski definition) is 4. The van der Waals surface area contributed by atoms with Crippen LogP contribution in [0.15, 0.2) is 30.3 Å². The Morgan fingerprint density at radius 2 is 1.74 bits per heavy atom. The van der Waals surface area contributed by atoms with Gasteiger partial charge in [-0.1, -0.05) is 25.1 Å². The Morgan fingerprint density at radius 1 is 1.00 bits per heavy atom. The number of carbonyl (C=O) groups is 2. The van der Waals surface area contributed by atoms with Gasteiger partial charge in [-0.2, -0.15) is 0 Å². The standard InChI is InChI=1S/C22H27NO4/c1-6-16-11-15(4)20(12-14(16)3)27-13-18-17(21(24)22(25)23-5)9-8-10-19(18)26-7-2/h8-12H,6-7,13H2,1-5H3,(H,23,25). The maximum Gasteiger partial charge on any atom is 0.292 e. The lowest BCUT2D eigenvalue weighted by Crippen LogP contribution is -2.28. The predicted octanol–water partition coefficient (Wildman–Crippen LogP) is 3.77. The summed E-state index contributed by atoms with van der Waals surface area (Å²) in [6.45, 7) is 8.64. The summed E-state index contributed by atoms with van der Waals surface area (Å²) in [6.07, 6.45) is 0.963. The molecule has 0 saturated heterocycles. The van der Waals surface area contributed by atoms with Crippen LogP contribution in [0.3, 0.4) is 0 Å². The Kier molecular flexibility index (Phi) is 6.99. The SMILES string of the molecule is CCOc1cccc(C(=O)C(=O)NC)c1COc1cc(C)c(CC)cc1C. The Morgan fingerprint density at radius 3 is 2.37 bits per heavy atom. The molecule has 2 aromatic carbocycles. The van der Waals surface area contributed by atoms with Crippen LogP contribution in [0.1, 0.15) is 46.5 Å². The van der Waals surface area contributed by atoms with Crippen molar-refractivity contribution in [3.8, 4) is 11.5 Å². The molecule has 2 aromatic rings. The van der Waals surface area contributed by atoms with Crippen LogP contribution in [0.4, 0.5) is 0 Å². The van der Waals surface area contributed by atoms with Crippen LogP contribution in [-0.4, -0.2) is 25.3 Å². The summed E-state index contributed by atoms with van der Waals surface area (Å²) in [4.78, 5) is 24.3. The van der Waals surface area contributed by atoms with E-state index in [2.05, 4.69) is 25.2 Å². The second-order valence-corrected chi connectivity index (χ2v) is 6.31. The van der Waals surface area contributed by atoms with Crippen molar-refractivity contribution in [2.24, 2.45) is 0 Å². The average molecular weight is 369 g/mol. The molecule has 1 N–H and O–H groups in total. The van der Waals surface area contributed by atoms with E-state index >= 15 is 0 Å². The Hall–Kier alpha value is -2.82. The Labute approximate surface area is 160 Å². The first-order valence-electron chi connectivity index (χ1n) is 9.16. The monoisotopic (exact) mass is 369 g/mol. The van der Waals surface area contributed by atoms with Gasteiger partial charge in [0.2, 0.25) is 0 Å². The molecule has 0 unspecified atom stereocenters. The van der Waals surface area contributed by atoms with Crippen LogP contribution < -0.4 is 14.8 Å². The number of likely N-dealkylation sites (N-methyl/N-ethyl adjacent to an activating group) is 1. The third-order valence-electron chi connectivity index (χ3n) is 4.50. The van der Waals surface area contributed by atoms with Gasteiger partial charge in [0.1, 0.15) is 18.1 Å². The number of benzene rings is 2. The van der Waals surface area contributed by atoms with Crippen molar-refractivity contribution in [3.63, 3.8) is 0 Å². The fourth-order valence-corrected chi connectivity index (χ4v) is 2.99. The lowest BCUT2D eigenvalue weighted by Gasteiger charge is -2.17. The van der Waals surface area contributed by atoms with Crippen LogP contribution in [0.2, 0.25) is 0 Å². The van der Waals surface area contributed by atoms with E-state index < -0.39 is 11.7 Å².